The van der Waals surface area contributed by atoms with Crippen molar-refractivity contribution in [3.8, 4) is 5.75 Å². The Morgan fingerprint density at radius 3 is 2.52 bits per heavy atom. The maximum atomic E-state index is 12.2. The van der Waals surface area contributed by atoms with Crippen LogP contribution in [0.15, 0.2) is 48.5 Å². The van der Waals surface area contributed by atoms with E-state index < -0.39 is 17.4 Å². The van der Waals surface area contributed by atoms with E-state index >= 15 is 0 Å². The molecular formula is C18H19F2NO3S. The van der Waals surface area contributed by atoms with Crippen LogP contribution in [0.3, 0.4) is 0 Å². The number of benzene rings is 2. The first kappa shape index (κ1) is 19.1. The van der Waals surface area contributed by atoms with Crippen molar-refractivity contribution in [2.24, 2.45) is 0 Å². The number of hydrogen-bond donors (Lipinski definition) is 1. The predicted octanol–water partition coefficient (Wildman–Crippen LogP) is 3.14. The summed E-state index contributed by atoms with van der Waals surface area (Å²) in [6.45, 7) is -2.43. The molecule has 0 aromatic heterocycles. The fourth-order valence-electron chi connectivity index (χ4n) is 2.30. The van der Waals surface area contributed by atoms with Crippen LogP contribution >= 0.6 is 0 Å². The van der Waals surface area contributed by atoms with Gasteiger partial charge in [-0.3, -0.25) is 9.00 Å². The zero-order valence-corrected chi connectivity index (χ0v) is 14.5. The lowest BCUT2D eigenvalue weighted by Crippen LogP contribution is -2.25. The molecule has 1 atom stereocenters. The highest BCUT2D eigenvalue weighted by atomic mass is 32.2. The predicted molar refractivity (Wildman–Crippen MR) is 93.3 cm³/mol. The van der Waals surface area contributed by atoms with Crippen LogP contribution in [0.1, 0.15) is 21.5 Å². The van der Waals surface area contributed by atoms with Crippen LogP contribution in [-0.4, -0.2) is 29.5 Å². The van der Waals surface area contributed by atoms with E-state index in [0.29, 0.717) is 24.3 Å². The Bertz CT molecular complexity index is 735. The summed E-state index contributed by atoms with van der Waals surface area (Å²) in [7, 11) is -0.963. The lowest BCUT2D eigenvalue weighted by Gasteiger charge is -2.08. The monoisotopic (exact) mass is 367 g/mol. The lowest BCUT2D eigenvalue weighted by molar-refractivity contribution is -0.0498. The topological polar surface area (TPSA) is 55.4 Å². The Kier molecular flexibility index (Phi) is 7.06. The van der Waals surface area contributed by atoms with E-state index in [2.05, 4.69) is 10.1 Å². The fourth-order valence-corrected chi connectivity index (χ4v) is 2.95. The van der Waals surface area contributed by atoms with Gasteiger partial charge in [-0.2, -0.15) is 8.78 Å². The Labute approximate surface area is 147 Å². The van der Waals surface area contributed by atoms with Crippen molar-refractivity contribution in [2.75, 3.05) is 12.8 Å². The van der Waals surface area contributed by atoms with Crippen molar-refractivity contribution in [1.82, 2.24) is 5.32 Å². The van der Waals surface area contributed by atoms with E-state index in [1.54, 1.807) is 36.6 Å². The third kappa shape index (κ3) is 6.62. The van der Waals surface area contributed by atoms with Crippen molar-refractivity contribution >= 4 is 16.7 Å². The molecule has 2 rings (SSSR count). The summed E-state index contributed by atoms with van der Waals surface area (Å²) in [6, 6.07) is 13.3. The smallest absolute Gasteiger partial charge is 0.387 e. The summed E-state index contributed by atoms with van der Waals surface area (Å²) >= 11 is 0. The molecule has 0 spiro atoms. The van der Waals surface area contributed by atoms with Gasteiger partial charge in [0.2, 0.25) is 0 Å². The molecule has 1 N–H and O–H groups in total. The van der Waals surface area contributed by atoms with Gasteiger partial charge >= 0.3 is 6.61 Å². The van der Waals surface area contributed by atoms with Crippen LogP contribution in [-0.2, 0) is 23.0 Å². The van der Waals surface area contributed by atoms with Gasteiger partial charge in [-0.15, -0.1) is 0 Å². The molecule has 1 unspecified atom stereocenters. The third-order valence-corrected chi connectivity index (χ3v) is 4.15. The molecule has 7 heteroatoms. The molecule has 134 valence electrons. The van der Waals surface area contributed by atoms with Crippen LogP contribution in [0.4, 0.5) is 8.78 Å². The third-order valence-electron chi connectivity index (χ3n) is 3.41. The molecule has 4 nitrogen and oxygen atoms in total. The van der Waals surface area contributed by atoms with Gasteiger partial charge in [0.1, 0.15) is 5.75 Å². The van der Waals surface area contributed by atoms with Gasteiger partial charge in [0.15, 0.2) is 0 Å². The molecule has 0 saturated carbocycles. The Balaban J connectivity index is 1.85. The molecular weight excluding hydrogens is 348 g/mol. The standard InChI is InChI=1S/C18H19F2NO3S/c1-25(23)12-14-3-2-4-15(11-14)17(22)21-10-9-13-5-7-16(8-6-13)24-18(19)20/h2-8,11,18H,9-10,12H2,1H3,(H,21,22). The molecule has 1 amide bonds. The first-order chi connectivity index (χ1) is 11.9. The fraction of sp³-hybridized carbons (Fsp3) is 0.278. The van der Waals surface area contributed by atoms with E-state index in [4.69, 9.17) is 0 Å². The number of rotatable bonds is 8. The average Bonchev–Trinajstić information content (AvgIpc) is 2.55. The summed E-state index contributed by atoms with van der Waals surface area (Å²) in [5.41, 5.74) is 2.27. The molecule has 0 aliphatic carbocycles. The Morgan fingerprint density at radius 1 is 1.16 bits per heavy atom. The second kappa shape index (κ2) is 9.27. The highest BCUT2D eigenvalue weighted by Gasteiger charge is 2.07. The maximum Gasteiger partial charge on any atom is 0.387 e. The number of hydrogen-bond acceptors (Lipinski definition) is 3. The van der Waals surface area contributed by atoms with Crippen LogP contribution in [0, 0.1) is 0 Å². The van der Waals surface area contributed by atoms with Gasteiger partial charge < -0.3 is 10.1 Å². The van der Waals surface area contributed by atoms with E-state index in [0.717, 1.165) is 11.1 Å². The summed E-state index contributed by atoms with van der Waals surface area (Å²) in [6.07, 6.45) is 2.18. The number of ether oxygens (including phenoxy) is 1. The number of carbonyl (C=O) groups is 1. The minimum absolute atomic E-state index is 0.105. The van der Waals surface area contributed by atoms with Crippen molar-refractivity contribution < 1.29 is 22.5 Å². The number of carbonyl (C=O) groups excluding carboxylic acids is 1. The molecule has 0 fully saturated rings. The van der Waals surface area contributed by atoms with Crippen molar-refractivity contribution in [2.45, 2.75) is 18.8 Å². The average molecular weight is 367 g/mol. The number of amides is 1. The molecule has 0 aliphatic heterocycles. The summed E-state index contributed by atoms with van der Waals surface area (Å²) in [5, 5.41) is 2.81. The Morgan fingerprint density at radius 2 is 1.88 bits per heavy atom. The zero-order valence-electron chi connectivity index (χ0n) is 13.7. The number of alkyl halides is 2. The quantitative estimate of drug-likeness (QED) is 0.780. The van der Waals surface area contributed by atoms with E-state index in [1.165, 1.54) is 12.1 Å². The number of nitrogens with one attached hydrogen (secondary N) is 1. The van der Waals surface area contributed by atoms with Gasteiger partial charge in [-0.1, -0.05) is 24.3 Å². The molecule has 2 aromatic carbocycles. The first-order valence-electron chi connectivity index (χ1n) is 7.65. The molecule has 0 radical (unpaired) electrons. The summed E-state index contributed by atoms with van der Waals surface area (Å²) in [4.78, 5) is 12.2. The lowest BCUT2D eigenvalue weighted by atomic mass is 10.1. The first-order valence-corrected chi connectivity index (χ1v) is 9.37. The van der Waals surface area contributed by atoms with Crippen LogP contribution in [0.2, 0.25) is 0 Å². The summed E-state index contributed by atoms with van der Waals surface area (Å²) < 4.78 is 39.7. The van der Waals surface area contributed by atoms with Crippen molar-refractivity contribution in [3.05, 3.63) is 65.2 Å². The normalized spacial score (nSPS) is 12.0. The van der Waals surface area contributed by atoms with E-state index in [1.807, 2.05) is 6.07 Å². The minimum atomic E-state index is -2.84. The second-order valence-electron chi connectivity index (χ2n) is 5.45. The molecule has 0 saturated heterocycles. The van der Waals surface area contributed by atoms with Crippen LogP contribution in [0.5, 0.6) is 5.75 Å². The Hall–Kier alpha value is -2.28. The van der Waals surface area contributed by atoms with Gasteiger partial charge in [0.25, 0.3) is 5.91 Å². The van der Waals surface area contributed by atoms with Gasteiger partial charge in [-0.25, -0.2) is 0 Å². The molecule has 0 bridgehead atoms. The summed E-state index contributed by atoms with van der Waals surface area (Å²) in [5.74, 6) is 0.308. The molecule has 2 aromatic rings. The molecule has 0 aliphatic rings. The van der Waals surface area contributed by atoms with Crippen molar-refractivity contribution in [1.29, 1.82) is 0 Å². The SMILES string of the molecule is CS(=O)Cc1cccc(C(=O)NCCc2ccc(OC(F)F)cc2)c1. The number of halogens is 2. The minimum Gasteiger partial charge on any atom is -0.435 e. The zero-order chi connectivity index (χ0) is 18.2. The van der Waals surface area contributed by atoms with Crippen LogP contribution < -0.4 is 10.1 Å². The highest BCUT2D eigenvalue weighted by molar-refractivity contribution is 7.83. The molecule has 25 heavy (non-hydrogen) atoms. The largest absolute Gasteiger partial charge is 0.435 e. The van der Waals surface area contributed by atoms with Gasteiger partial charge in [0, 0.05) is 34.9 Å². The highest BCUT2D eigenvalue weighted by Crippen LogP contribution is 2.15. The second-order valence-corrected chi connectivity index (χ2v) is 6.88. The van der Waals surface area contributed by atoms with E-state index in [9.17, 15) is 17.8 Å². The van der Waals surface area contributed by atoms with Gasteiger partial charge in [-0.05, 0) is 41.8 Å². The van der Waals surface area contributed by atoms with Crippen molar-refractivity contribution in [3.63, 3.8) is 0 Å². The van der Waals surface area contributed by atoms with Gasteiger partial charge in [0.05, 0.1) is 0 Å². The maximum absolute atomic E-state index is 12.2. The van der Waals surface area contributed by atoms with Crippen LogP contribution in [0.25, 0.3) is 0 Å². The van der Waals surface area contributed by atoms with E-state index in [-0.39, 0.29) is 11.7 Å². The molecule has 0 heterocycles.